The number of para-hydroxylation sites is 1. The van der Waals surface area contributed by atoms with Crippen LogP contribution < -0.4 is 5.32 Å². The number of carbonyl (C=O) groups excluding carboxylic acids is 1. The fraction of sp³-hybridized carbons (Fsp3) is 0.0476. The lowest BCUT2D eigenvalue weighted by Gasteiger charge is -2.09. The van der Waals surface area contributed by atoms with Gasteiger partial charge in [0.2, 0.25) is 0 Å². The number of aryl methyl sites for hydroxylation is 1. The molecule has 4 rings (SSSR count). The number of aromatic hydroxyl groups is 1. The zero-order valence-electron chi connectivity index (χ0n) is 14.1. The Hall–Kier alpha value is -3.18. The Balaban J connectivity index is 1.62. The number of fused-ring (bicyclic) bond motifs is 1. The van der Waals surface area contributed by atoms with E-state index in [0.717, 1.165) is 20.8 Å². The quantitative estimate of drug-likeness (QED) is 0.526. The van der Waals surface area contributed by atoms with Gasteiger partial charge >= 0.3 is 0 Å². The lowest BCUT2D eigenvalue weighted by atomic mass is 10.1. The number of hydrogen-bond donors (Lipinski definition) is 2. The number of phenols is 1. The molecule has 0 aliphatic carbocycles. The van der Waals surface area contributed by atoms with Crippen molar-refractivity contribution in [2.45, 2.75) is 6.92 Å². The number of aromatic nitrogens is 1. The number of nitrogens with one attached hydrogen (secondary N) is 1. The minimum atomic E-state index is -0.199. The van der Waals surface area contributed by atoms with Gasteiger partial charge in [0.15, 0.2) is 0 Å². The van der Waals surface area contributed by atoms with Gasteiger partial charge in [-0.15, -0.1) is 11.3 Å². The van der Waals surface area contributed by atoms with Crippen molar-refractivity contribution in [3.8, 4) is 16.3 Å². The van der Waals surface area contributed by atoms with E-state index in [2.05, 4.69) is 10.3 Å². The number of carbonyl (C=O) groups is 1. The van der Waals surface area contributed by atoms with Gasteiger partial charge in [0.25, 0.3) is 5.91 Å². The highest BCUT2D eigenvalue weighted by molar-refractivity contribution is 7.21. The molecule has 0 atom stereocenters. The van der Waals surface area contributed by atoms with Gasteiger partial charge in [-0.1, -0.05) is 30.3 Å². The van der Waals surface area contributed by atoms with E-state index in [-0.39, 0.29) is 11.7 Å². The van der Waals surface area contributed by atoms with Crippen molar-refractivity contribution in [2.75, 3.05) is 5.32 Å². The Morgan fingerprint density at radius 3 is 2.58 bits per heavy atom. The molecule has 0 saturated heterocycles. The molecule has 0 aliphatic heterocycles. The lowest BCUT2D eigenvalue weighted by Crippen LogP contribution is -2.13. The highest BCUT2D eigenvalue weighted by Crippen LogP contribution is 2.36. The van der Waals surface area contributed by atoms with Crippen molar-refractivity contribution in [1.29, 1.82) is 0 Å². The van der Waals surface area contributed by atoms with Crippen molar-refractivity contribution < 1.29 is 9.90 Å². The molecule has 0 fully saturated rings. The molecule has 128 valence electrons. The normalized spacial score (nSPS) is 10.8. The Morgan fingerprint density at radius 2 is 1.81 bits per heavy atom. The molecule has 3 aromatic carbocycles. The van der Waals surface area contributed by atoms with Crippen LogP contribution in [0.15, 0.2) is 66.7 Å². The van der Waals surface area contributed by atoms with Gasteiger partial charge in [-0.2, -0.15) is 0 Å². The van der Waals surface area contributed by atoms with Gasteiger partial charge in [-0.3, -0.25) is 4.79 Å². The van der Waals surface area contributed by atoms with Gasteiger partial charge in [-0.25, -0.2) is 4.98 Å². The highest BCUT2D eigenvalue weighted by Gasteiger charge is 2.13. The minimum absolute atomic E-state index is 0.0895. The molecule has 2 N–H and O–H groups in total. The van der Waals surface area contributed by atoms with E-state index in [0.29, 0.717) is 16.8 Å². The van der Waals surface area contributed by atoms with Gasteiger partial charge in [0, 0.05) is 17.3 Å². The molecule has 1 heterocycles. The average molecular weight is 360 g/mol. The van der Waals surface area contributed by atoms with E-state index in [1.807, 2.05) is 49.4 Å². The third-order valence-electron chi connectivity index (χ3n) is 4.17. The van der Waals surface area contributed by atoms with Gasteiger partial charge < -0.3 is 10.4 Å². The second-order valence-electron chi connectivity index (χ2n) is 5.99. The smallest absolute Gasteiger partial charge is 0.255 e. The number of phenolic OH excluding ortho intramolecular Hbond substituents is 1. The van der Waals surface area contributed by atoms with E-state index in [1.165, 1.54) is 11.3 Å². The van der Waals surface area contributed by atoms with Crippen molar-refractivity contribution >= 4 is 33.1 Å². The van der Waals surface area contributed by atoms with Crippen LogP contribution in [0, 0.1) is 6.92 Å². The third-order valence-corrected chi connectivity index (χ3v) is 5.24. The van der Waals surface area contributed by atoms with E-state index in [4.69, 9.17) is 0 Å². The van der Waals surface area contributed by atoms with Crippen molar-refractivity contribution in [3.63, 3.8) is 0 Å². The van der Waals surface area contributed by atoms with Crippen LogP contribution in [0.3, 0.4) is 0 Å². The second kappa shape index (κ2) is 6.61. The van der Waals surface area contributed by atoms with Crippen molar-refractivity contribution in [1.82, 2.24) is 4.98 Å². The van der Waals surface area contributed by atoms with Crippen LogP contribution in [0.25, 0.3) is 20.8 Å². The molecule has 5 heteroatoms. The van der Waals surface area contributed by atoms with E-state index in [9.17, 15) is 9.90 Å². The number of rotatable bonds is 3. The van der Waals surface area contributed by atoms with Crippen LogP contribution in [0.1, 0.15) is 15.9 Å². The summed E-state index contributed by atoms with van der Waals surface area (Å²) in [5.74, 6) is -0.109. The lowest BCUT2D eigenvalue weighted by molar-refractivity contribution is 0.102. The van der Waals surface area contributed by atoms with Crippen LogP contribution >= 0.6 is 11.3 Å². The molecule has 0 radical (unpaired) electrons. The van der Waals surface area contributed by atoms with Gasteiger partial charge in [0.05, 0.1) is 15.8 Å². The first-order valence-electron chi connectivity index (χ1n) is 8.18. The first-order valence-corrected chi connectivity index (χ1v) is 8.99. The maximum atomic E-state index is 12.4. The summed E-state index contributed by atoms with van der Waals surface area (Å²) >= 11 is 1.52. The van der Waals surface area contributed by atoms with Crippen molar-refractivity contribution in [3.05, 3.63) is 77.9 Å². The molecule has 0 saturated carbocycles. The number of anilines is 1. The zero-order valence-corrected chi connectivity index (χ0v) is 14.9. The molecule has 1 aromatic heterocycles. The summed E-state index contributed by atoms with van der Waals surface area (Å²) in [5, 5.41) is 14.0. The fourth-order valence-corrected chi connectivity index (χ4v) is 3.80. The Labute approximate surface area is 154 Å². The molecular formula is C21H16N2O2S. The zero-order chi connectivity index (χ0) is 18.1. The first kappa shape index (κ1) is 16.3. The Bertz CT molecular complexity index is 1080. The van der Waals surface area contributed by atoms with E-state index < -0.39 is 0 Å². The SMILES string of the molecule is Cc1ccccc1C(=O)Nc1ccc(-c2nc3ccccc3s2)c(O)c1. The predicted octanol–water partition coefficient (Wildman–Crippen LogP) is 5.23. The summed E-state index contributed by atoms with van der Waals surface area (Å²) in [4.78, 5) is 17.0. The van der Waals surface area contributed by atoms with Crippen molar-refractivity contribution in [2.24, 2.45) is 0 Å². The molecular weight excluding hydrogens is 344 g/mol. The molecule has 0 unspecified atom stereocenters. The standard InChI is InChI=1S/C21H16N2O2S/c1-13-6-2-3-7-15(13)20(25)22-14-10-11-16(18(24)12-14)21-23-17-8-4-5-9-19(17)26-21/h2-12,24H,1H3,(H,22,25). The molecule has 0 spiro atoms. The molecule has 4 aromatic rings. The second-order valence-corrected chi connectivity index (χ2v) is 7.02. The molecule has 1 amide bonds. The Kier molecular flexibility index (Phi) is 4.14. The number of amides is 1. The summed E-state index contributed by atoms with van der Waals surface area (Å²) in [6.07, 6.45) is 0. The Morgan fingerprint density at radius 1 is 1.04 bits per heavy atom. The molecule has 26 heavy (non-hydrogen) atoms. The third kappa shape index (κ3) is 3.05. The maximum absolute atomic E-state index is 12.4. The van der Waals surface area contributed by atoms with E-state index in [1.54, 1.807) is 24.3 Å². The number of nitrogens with zero attached hydrogens (tertiary/aromatic N) is 1. The minimum Gasteiger partial charge on any atom is -0.507 e. The van der Waals surface area contributed by atoms with Crippen LogP contribution in [0.4, 0.5) is 5.69 Å². The van der Waals surface area contributed by atoms with Crippen LogP contribution in [0.2, 0.25) is 0 Å². The fourth-order valence-electron chi connectivity index (χ4n) is 2.80. The summed E-state index contributed by atoms with van der Waals surface area (Å²) in [5.41, 5.74) is 3.62. The molecule has 4 nitrogen and oxygen atoms in total. The van der Waals surface area contributed by atoms with E-state index >= 15 is 0 Å². The summed E-state index contributed by atoms with van der Waals surface area (Å²) in [6, 6.07) is 20.4. The monoisotopic (exact) mass is 360 g/mol. The molecule has 0 bridgehead atoms. The van der Waals surface area contributed by atoms with Crippen LogP contribution in [-0.2, 0) is 0 Å². The number of benzene rings is 3. The topological polar surface area (TPSA) is 62.2 Å². The summed E-state index contributed by atoms with van der Waals surface area (Å²) < 4.78 is 1.07. The largest absolute Gasteiger partial charge is 0.507 e. The first-order chi connectivity index (χ1) is 12.6. The van der Waals surface area contributed by atoms with Gasteiger partial charge in [-0.05, 0) is 42.8 Å². The predicted molar refractivity (Wildman–Crippen MR) is 106 cm³/mol. The summed E-state index contributed by atoms with van der Waals surface area (Å²) in [7, 11) is 0. The van der Waals surface area contributed by atoms with Gasteiger partial charge in [0.1, 0.15) is 10.8 Å². The van der Waals surface area contributed by atoms with Crippen LogP contribution in [0.5, 0.6) is 5.75 Å². The average Bonchev–Trinajstić information content (AvgIpc) is 3.06. The molecule has 0 aliphatic rings. The van der Waals surface area contributed by atoms with Crippen LogP contribution in [-0.4, -0.2) is 16.0 Å². The number of hydrogen-bond acceptors (Lipinski definition) is 4. The maximum Gasteiger partial charge on any atom is 0.255 e. The summed E-state index contributed by atoms with van der Waals surface area (Å²) in [6.45, 7) is 1.89. The highest BCUT2D eigenvalue weighted by atomic mass is 32.1. The number of thiazole rings is 1.